The van der Waals surface area contributed by atoms with Gasteiger partial charge in [0.05, 0.1) is 31.7 Å². The first-order valence-electron chi connectivity index (χ1n) is 8.65. The Balaban J connectivity index is 1.91. The number of amides is 1. The lowest BCUT2D eigenvalue weighted by atomic mass is 10.1. The second-order valence-corrected chi connectivity index (χ2v) is 6.13. The van der Waals surface area contributed by atoms with Crippen LogP contribution >= 0.6 is 0 Å². The molecule has 0 bridgehead atoms. The third kappa shape index (κ3) is 4.22. The van der Waals surface area contributed by atoms with Gasteiger partial charge in [-0.1, -0.05) is 12.1 Å². The van der Waals surface area contributed by atoms with Crippen molar-refractivity contribution in [1.29, 1.82) is 0 Å². The number of para-hydroxylation sites is 1. The maximum absolute atomic E-state index is 13.7. The number of nitrogens with one attached hydrogen (secondary N) is 1. The minimum Gasteiger partial charge on any atom is -0.493 e. The Morgan fingerprint density at radius 2 is 1.80 bits per heavy atom. The summed E-state index contributed by atoms with van der Waals surface area (Å²) in [6.07, 6.45) is -4.05. The molecule has 158 valence electrons. The highest BCUT2D eigenvalue weighted by molar-refractivity contribution is 5.95. The fourth-order valence-electron chi connectivity index (χ4n) is 2.93. The predicted molar refractivity (Wildman–Crippen MR) is 99.2 cm³/mol. The van der Waals surface area contributed by atoms with Crippen molar-refractivity contribution >= 4 is 5.91 Å². The third-order valence-electron chi connectivity index (χ3n) is 4.28. The van der Waals surface area contributed by atoms with Crippen molar-refractivity contribution < 1.29 is 31.8 Å². The van der Waals surface area contributed by atoms with E-state index in [0.29, 0.717) is 21.7 Å². The van der Waals surface area contributed by atoms with Crippen molar-refractivity contribution in [1.82, 2.24) is 15.1 Å². The monoisotopic (exact) mass is 423 g/mol. The molecule has 0 atom stereocenters. The van der Waals surface area contributed by atoms with Crippen molar-refractivity contribution in [3.05, 3.63) is 71.3 Å². The number of carbonyl (C=O) groups is 1. The average Bonchev–Trinajstić information content (AvgIpc) is 3.18. The Hall–Kier alpha value is -3.56. The number of aromatic nitrogens is 2. The summed E-state index contributed by atoms with van der Waals surface area (Å²) in [4.78, 5) is 12.5. The van der Waals surface area contributed by atoms with Gasteiger partial charge in [-0.15, -0.1) is 0 Å². The van der Waals surface area contributed by atoms with Crippen molar-refractivity contribution in [2.24, 2.45) is 0 Å². The van der Waals surface area contributed by atoms with E-state index in [0.717, 1.165) is 30.5 Å². The first-order chi connectivity index (χ1) is 14.3. The molecule has 0 aliphatic carbocycles. The van der Waals surface area contributed by atoms with Crippen molar-refractivity contribution in [3.63, 3.8) is 0 Å². The largest absolute Gasteiger partial charge is 0.493 e. The topological polar surface area (TPSA) is 65.4 Å². The highest BCUT2D eigenvalue weighted by atomic mass is 19.4. The second-order valence-electron chi connectivity index (χ2n) is 6.13. The fourth-order valence-corrected chi connectivity index (χ4v) is 2.93. The lowest BCUT2D eigenvalue weighted by Gasteiger charge is -2.14. The third-order valence-corrected chi connectivity index (χ3v) is 4.28. The van der Waals surface area contributed by atoms with Crippen LogP contribution in [-0.2, 0) is 12.7 Å². The summed E-state index contributed by atoms with van der Waals surface area (Å²) in [5.41, 5.74) is -1.43. The first-order valence-corrected chi connectivity index (χ1v) is 8.65. The Morgan fingerprint density at radius 1 is 1.10 bits per heavy atom. The summed E-state index contributed by atoms with van der Waals surface area (Å²) in [6.45, 7) is -0.0990. The molecule has 0 aliphatic rings. The lowest BCUT2D eigenvalue weighted by molar-refractivity contribution is -0.143. The molecule has 3 aromatic rings. The predicted octanol–water partition coefficient (Wildman–Crippen LogP) is 3.98. The van der Waals surface area contributed by atoms with Gasteiger partial charge in [-0.2, -0.15) is 18.3 Å². The van der Waals surface area contributed by atoms with Gasteiger partial charge in [0.25, 0.3) is 5.91 Å². The molecule has 0 saturated heterocycles. The number of ether oxygens (including phenoxy) is 2. The van der Waals surface area contributed by atoms with Gasteiger partial charge >= 0.3 is 6.18 Å². The van der Waals surface area contributed by atoms with Crippen LogP contribution < -0.4 is 14.8 Å². The summed E-state index contributed by atoms with van der Waals surface area (Å²) in [5, 5.41) is 6.13. The zero-order chi connectivity index (χ0) is 21.9. The molecule has 1 heterocycles. The number of benzene rings is 2. The molecule has 30 heavy (non-hydrogen) atoms. The summed E-state index contributed by atoms with van der Waals surface area (Å²) >= 11 is 0. The Bertz CT molecular complexity index is 1050. The minimum atomic E-state index is -4.87. The van der Waals surface area contributed by atoms with Crippen molar-refractivity contribution in [3.8, 4) is 17.2 Å². The van der Waals surface area contributed by atoms with Crippen LogP contribution in [0.1, 0.15) is 21.6 Å². The minimum absolute atomic E-state index is 0.0303. The van der Waals surface area contributed by atoms with E-state index in [2.05, 4.69) is 10.4 Å². The van der Waals surface area contributed by atoms with Gasteiger partial charge in [0.1, 0.15) is 5.82 Å². The number of hydrogen-bond donors (Lipinski definition) is 1. The highest BCUT2D eigenvalue weighted by Crippen LogP contribution is 2.34. The lowest BCUT2D eigenvalue weighted by Crippen LogP contribution is -2.26. The van der Waals surface area contributed by atoms with Gasteiger partial charge in [-0.05, 0) is 30.3 Å². The summed E-state index contributed by atoms with van der Waals surface area (Å²) in [7, 11) is 2.86. The Labute approximate surface area is 169 Å². The molecule has 10 heteroatoms. The van der Waals surface area contributed by atoms with E-state index in [1.807, 2.05) is 0 Å². The van der Waals surface area contributed by atoms with E-state index >= 15 is 0 Å². The zero-order valence-corrected chi connectivity index (χ0v) is 16.0. The van der Waals surface area contributed by atoms with Crippen LogP contribution in [0.4, 0.5) is 17.6 Å². The van der Waals surface area contributed by atoms with Crippen LogP contribution in [0, 0.1) is 5.82 Å². The number of hydrogen-bond acceptors (Lipinski definition) is 4. The number of carbonyl (C=O) groups excluding carboxylic acids is 1. The molecular weight excluding hydrogens is 406 g/mol. The quantitative estimate of drug-likeness (QED) is 0.610. The molecule has 0 spiro atoms. The van der Waals surface area contributed by atoms with Crippen LogP contribution in [-0.4, -0.2) is 29.9 Å². The van der Waals surface area contributed by atoms with Gasteiger partial charge in [-0.25, -0.2) is 9.07 Å². The van der Waals surface area contributed by atoms with Crippen LogP contribution in [0.25, 0.3) is 5.69 Å². The molecule has 0 fully saturated rings. The number of nitrogens with zero attached hydrogens (tertiary/aromatic N) is 2. The van der Waals surface area contributed by atoms with Gasteiger partial charge < -0.3 is 14.8 Å². The molecule has 3 rings (SSSR count). The van der Waals surface area contributed by atoms with E-state index in [1.54, 1.807) is 18.2 Å². The van der Waals surface area contributed by atoms with Crippen LogP contribution in [0.5, 0.6) is 11.5 Å². The number of methoxy groups -OCH3 is 2. The maximum Gasteiger partial charge on any atom is 0.434 e. The van der Waals surface area contributed by atoms with Gasteiger partial charge in [0.15, 0.2) is 17.2 Å². The van der Waals surface area contributed by atoms with Gasteiger partial charge in [0.2, 0.25) is 0 Å². The standard InChI is InChI=1S/C20H17F4N3O3/c1-29-16-5-3-4-12(17(16)30-2)10-25-19(28)15-11-26-27(18(15)20(22,23)24)14-8-6-13(21)7-9-14/h3-9,11H,10H2,1-2H3,(H,25,28). The summed E-state index contributed by atoms with van der Waals surface area (Å²) < 4.78 is 65.2. The average molecular weight is 423 g/mol. The maximum atomic E-state index is 13.7. The molecule has 1 aromatic heterocycles. The smallest absolute Gasteiger partial charge is 0.434 e. The zero-order valence-electron chi connectivity index (χ0n) is 16.0. The number of halogens is 4. The molecule has 0 saturated carbocycles. The SMILES string of the molecule is COc1cccc(CNC(=O)c2cnn(-c3ccc(F)cc3)c2C(F)(F)F)c1OC. The second kappa shape index (κ2) is 8.44. The van der Waals surface area contributed by atoms with E-state index < -0.39 is 29.2 Å². The Kier molecular flexibility index (Phi) is 5.95. The van der Waals surface area contributed by atoms with Crippen LogP contribution in [0.15, 0.2) is 48.7 Å². The van der Waals surface area contributed by atoms with E-state index in [1.165, 1.54) is 14.2 Å². The van der Waals surface area contributed by atoms with E-state index in [4.69, 9.17) is 9.47 Å². The van der Waals surface area contributed by atoms with E-state index in [9.17, 15) is 22.4 Å². The van der Waals surface area contributed by atoms with Gasteiger partial charge in [0, 0.05) is 12.1 Å². The van der Waals surface area contributed by atoms with Crippen molar-refractivity contribution in [2.75, 3.05) is 14.2 Å². The van der Waals surface area contributed by atoms with Crippen LogP contribution in [0.2, 0.25) is 0 Å². The van der Waals surface area contributed by atoms with Crippen LogP contribution in [0.3, 0.4) is 0 Å². The Morgan fingerprint density at radius 3 is 2.40 bits per heavy atom. The summed E-state index contributed by atoms with van der Waals surface area (Å²) in [6, 6.07) is 9.25. The number of rotatable bonds is 6. The molecular formula is C20H17F4N3O3. The normalized spacial score (nSPS) is 11.3. The molecule has 6 nitrogen and oxygen atoms in total. The highest BCUT2D eigenvalue weighted by Gasteiger charge is 2.40. The molecule has 2 aromatic carbocycles. The number of alkyl halides is 3. The molecule has 0 unspecified atom stereocenters. The van der Waals surface area contributed by atoms with E-state index in [-0.39, 0.29) is 12.2 Å². The molecule has 0 aliphatic heterocycles. The molecule has 0 radical (unpaired) electrons. The summed E-state index contributed by atoms with van der Waals surface area (Å²) in [5.74, 6) is -0.798. The first kappa shape index (κ1) is 21.2. The molecule has 1 amide bonds. The van der Waals surface area contributed by atoms with Crippen molar-refractivity contribution in [2.45, 2.75) is 12.7 Å². The van der Waals surface area contributed by atoms with Gasteiger partial charge in [-0.3, -0.25) is 4.79 Å². The molecule has 1 N–H and O–H groups in total. The fraction of sp³-hybridized carbons (Fsp3) is 0.200.